The molecule has 0 spiro atoms. The Labute approximate surface area is 129 Å². The summed E-state index contributed by atoms with van der Waals surface area (Å²) in [5.41, 5.74) is 0. The second kappa shape index (κ2) is 7.15. The highest BCUT2D eigenvalue weighted by molar-refractivity contribution is 5.23. The lowest BCUT2D eigenvalue weighted by Crippen LogP contribution is -2.34. The molecule has 4 heteroatoms. The van der Waals surface area contributed by atoms with Crippen LogP contribution >= 0.6 is 0 Å². The van der Waals surface area contributed by atoms with E-state index in [0.717, 1.165) is 5.39 Å². The zero-order valence-corrected chi connectivity index (χ0v) is 11.8. The third-order valence-electron chi connectivity index (χ3n) is 2.77. The average molecular weight is 293 g/mol. The van der Waals surface area contributed by atoms with E-state index >= 15 is 0 Å². The van der Waals surface area contributed by atoms with E-state index in [0.29, 0.717) is 17.2 Å². The first-order valence-electron chi connectivity index (χ1n) is 6.89. The van der Waals surface area contributed by atoms with Crippen molar-refractivity contribution in [2.75, 3.05) is 0 Å². The highest BCUT2D eigenvalue weighted by Crippen LogP contribution is 2.18. The number of para-hydroxylation sites is 3. The summed E-state index contributed by atoms with van der Waals surface area (Å²) in [4.78, 5) is 16.8. The van der Waals surface area contributed by atoms with E-state index < -0.39 is 0 Å². The van der Waals surface area contributed by atoms with Crippen molar-refractivity contribution < 1.29 is 14.5 Å². The Morgan fingerprint density at radius 2 is 0.682 bits per heavy atom. The molecule has 0 unspecified atom stereocenters. The first-order chi connectivity index (χ1) is 10.9. The van der Waals surface area contributed by atoms with Gasteiger partial charge in [0.15, 0.2) is 17.2 Å². The van der Waals surface area contributed by atoms with Gasteiger partial charge in [0.05, 0.1) is 0 Å². The summed E-state index contributed by atoms with van der Waals surface area (Å²) >= 11 is 0. The fourth-order valence-corrected chi connectivity index (χ4v) is 1.76. The predicted molar refractivity (Wildman–Crippen MR) is 83.0 cm³/mol. The minimum absolute atomic E-state index is 0.606. The molecule has 3 aromatic carbocycles. The van der Waals surface area contributed by atoms with Gasteiger partial charge in [-0.05, 0) is 36.4 Å². The van der Waals surface area contributed by atoms with Crippen LogP contribution in [0.2, 0.25) is 0 Å². The van der Waals surface area contributed by atoms with Gasteiger partial charge >= 0.3 is 0 Å². The molecule has 0 aromatic heterocycles. The van der Waals surface area contributed by atoms with Gasteiger partial charge in [0.25, 0.3) is 0 Å². The van der Waals surface area contributed by atoms with Crippen LogP contribution in [0.3, 0.4) is 0 Å². The lowest BCUT2D eigenvalue weighted by molar-refractivity contribution is -0.408. The lowest BCUT2D eigenvalue weighted by atomic mass is 10.3. The van der Waals surface area contributed by atoms with E-state index in [4.69, 9.17) is 14.5 Å². The molecular formula is C18H15NO3. The van der Waals surface area contributed by atoms with Crippen LogP contribution in [-0.2, 0) is 0 Å². The first kappa shape index (κ1) is 14.0. The van der Waals surface area contributed by atoms with Crippen molar-refractivity contribution in [2.24, 2.45) is 0 Å². The number of rotatable bonds is 6. The van der Waals surface area contributed by atoms with Crippen molar-refractivity contribution in [3.8, 4) is 17.2 Å². The maximum Gasteiger partial charge on any atom is 0.234 e. The number of nitrogens with zero attached hydrogens (tertiary/aromatic N) is 1. The summed E-state index contributed by atoms with van der Waals surface area (Å²) in [6, 6.07) is 27.9. The largest absolute Gasteiger partial charge is 0.339 e. The molecule has 0 N–H and O–H groups in total. The van der Waals surface area contributed by atoms with Crippen LogP contribution in [-0.4, -0.2) is 5.39 Å². The molecule has 0 saturated heterocycles. The smallest absolute Gasteiger partial charge is 0.234 e. The number of hydrogen-bond donors (Lipinski definition) is 0. The van der Waals surface area contributed by atoms with Gasteiger partial charge in [0.2, 0.25) is 5.39 Å². The van der Waals surface area contributed by atoms with E-state index in [1.54, 1.807) is 0 Å². The molecule has 3 rings (SSSR count). The quantitative estimate of drug-likeness (QED) is 0.635. The van der Waals surface area contributed by atoms with E-state index in [2.05, 4.69) is 0 Å². The summed E-state index contributed by atoms with van der Waals surface area (Å²) in [5, 5.41) is 0.986. The van der Waals surface area contributed by atoms with Crippen molar-refractivity contribution in [3.63, 3.8) is 0 Å². The lowest BCUT2D eigenvalue weighted by Gasteiger charge is -2.20. The molecule has 0 aliphatic carbocycles. The van der Waals surface area contributed by atoms with Crippen molar-refractivity contribution in [1.82, 2.24) is 5.39 Å². The van der Waals surface area contributed by atoms with Crippen molar-refractivity contribution in [3.05, 3.63) is 91.0 Å². The van der Waals surface area contributed by atoms with Crippen LogP contribution in [0, 0.1) is 0 Å². The Hall–Kier alpha value is -2.98. The normalized spacial score (nSPS) is 10.2. The summed E-state index contributed by atoms with van der Waals surface area (Å²) in [5.74, 6) is 1.82. The van der Waals surface area contributed by atoms with Crippen LogP contribution in [0.1, 0.15) is 0 Å². The highest BCUT2D eigenvalue weighted by atomic mass is 17.2. The maximum atomic E-state index is 5.61. The van der Waals surface area contributed by atoms with Gasteiger partial charge in [-0.2, -0.15) is 0 Å². The van der Waals surface area contributed by atoms with Gasteiger partial charge in [0.1, 0.15) is 0 Å². The van der Waals surface area contributed by atoms with Crippen LogP contribution in [0.4, 0.5) is 0 Å². The topological polar surface area (TPSA) is 30.9 Å². The van der Waals surface area contributed by atoms with Crippen LogP contribution < -0.4 is 14.5 Å². The minimum Gasteiger partial charge on any atom is -0.339 e. The standard InChI is InChI=1S/C18H15NO3/c1-4-10-16(11-5-1)20-19(21-17-12-6-2-7-13-17)22-18-14-8-3-9-15-18/h1-15H. The zero-order chi connectivity index (χ0) is 15.0. The Bertz CT molecular complexity index is 576. The van der Waals surface area contributed by atoms with Crippen LogP contribution in [0.25, 0.3) is 0 Å². The Morgan fingerprint density at radius 1 is 0.409 bits per heavy atom. The minimum atomic E-state index is 0.606. The van der Waals surface area contributed by atoms with Crippen LogP contribution in [0.5, 0.6) is 17.2 Å². The highest BCUT2D eigenvalue weighted by Gasteiger charge is 2.12. The maximum absolute atomic E-state index is 5.61. The zero-order valence-electron chi connectivity index (χ0n) is 11.8. The van der Waals surface area contributed by atoms with Crippen molar-refractivity contribution in [2.45, 2.75) is 0 Å². The van der Waals surface area contributed by atoms with Gasteiger partial charge in [-0.15, -0.1) is 0 Å². The summed E-state index contributed by atoms with van der Waals surface area (Å²) in [7, 11) is 0. The second-order valence-electron chi connectivity index (χ2n) is 4.44. The molecule has 0 heterocycles. The fraction of sp³-hybridized carbons (Fsp3) is 0. The molecule has 0 aliphatic heterocycles. The summed E-state index contributed by atoms with van der Waals surface area (Å²) < 4.78 is 0. The molecule has 0 saturated carbocycles. The van der Waals surface area contributed by atoms with E-state index in [9.17, 15) is 0 Å². The predicted octanol–water partition coefficient (Wildman–Crippen LogP) is 4.27. The third-order valence-corrected chi connectivity index (χ3v) is 2.77. The molecule has 4 nitrogen and oxygen atoms in total. The molecule has 0 amide bonds. The van der Waals surface area contributed by atoms with Gasteiger partial charge in [-0.3, -0.25) is 0 Å². The summed E-state index contributed by atoms with van der Waals surface area (Å²) in [6.07, 6.45) is 0. The SMILES string of the molecule is c1ccc(ON(Oc2ccccc2)Oc2ccccc2)cc1. The Balaban J connectivity index is 1.75. The molecule has 22 heavy (non-hydrogen) atoms. The summed E-state index contributed by atoms with van der Waals surface area (Å²) in [6.45, 7) is 0. The molecule has 0 radical (unpaired) electrons. The molecule has 110 valence electrons. The Morgan fingerprint density at radius 3 is 0.955 bits per heavy atom. The van der Waals surface area contributed by atoms with E-state index in [-0.39, 0.29) is 0 Å². The fourth-order valence-electron chi connectivity index (χ4n) is 1.76. The first-order valence-corrected chi connectivity index (χ1v) is 6.89. The van der Waals surface area contributed by atoms with Gasteiger partial charge in [0, 0.05) is 0 Å². The number of hydrogen-bond acceptors (Lipinski definition) is 4. The van der Waals surface area contributed by atoms with Gasteiger partial charge in [-0.1, -0.05) is 54.6 Å². The van der Waals surface area contributed by atoms with Crippen LogP contribution in [0.15, 0.2) is 91.0 Å². The van der Waals surface area contributed by atoms with Crippen molar-refractivity contribution >= 4 is 0 Å². The molecule has 3 aromatic rings. The van der Waals surface area contributed by atoms with E-state index in [1.165, 1.54) is 0 Å². The molecule has 0 aliphatic rings. The van der Waals surface area contributed by atoms with Gasteiger partial charge in [-0.25, -0.2) is 0 Å². The molecule has 0 bridgehead atoms. The molecular weight excluding hydrogens is 278 g/mol. The molecule has 0 fully saturated rings. The monoisotopic (exact) mass is 293 g/mol. The van der Waals surface area contributed by atoms with Gasteiger partial charge < -0.3 is 14.5 Å². The Kier molecular flexibility index (Phi) is 4.54. The number of benzene rings is 3. The van der Waals surface area contributed by atoms with E-state index in [1.807, 2.05) is 91.0 Å². The molecule has 0 atom stereocenters. The average Bonchev–Trinajstić information content (AvgIpc) is 2.57. The second-order valence-corrected chi connectivity index (χ2v) is 4.44. The van der Waals surface area contributed by atoms with Crippen molar-refractivity contribution in [1.29, 1.82) is 0 Å². The third kappa shape index (κ3) is 4.01.